The molecule has 4 nitrogen and oxygen atoms in total. The number of aryl methyl sites for hydroxylation is 1. The molecule has 0 spiro atoms. The minimum atomic E-state index is 0.624. The molecule has 0 atom stereocenters. The van der Waals surface area contributed by atoms with E-state index in [-0.39, 0.29) is 0 Å². The molecule has 1 aromatic rings. The van der Waals surface area contributed by atoms with E-state index in [0.717, 1.165) is 18.9 Å². The van der Waals surface area contributed by atoms with Crippen LogP contribution in [0, 0.1) is 6.92 Å². The fourth-order valence-corrected chi connectivity index (χ4v) is 1.39. The number of methoxy groups -OCH3 is 1. The van der Waals surface area contributed by atoms with Crippen molar-refractivity contribution in [2.75, 3.05) is 38.3 Å². The van der Waals surface area contributed by atoms with Crippen molar-refractivity contribution in [2.45, 2.75) is 6.92 Å². The van der Waals surface area contributed by atoms with Crippen molar-refractivity contribution in [3.63, 3.8) is 0 Å². The molecule has 1 aromatic heterocycles. The van der Waals surface area contributed by atoms with Gasteiger partial charge in [-0.3, -0.25) is 0 Å². The molecule has 0 amide bonds. The number of pyridine rings is 1. The summed E-state index contributed by atoms with van der Waals surface area (Å²) in [4.78, 5) is 6.46. The minimum Gasteiger partial charge on any atom is -0.383 e. The Labute approximate surface area is 91.1 Å². The summed E-state index contributed by atoms with van der Waals surface area (Å²) in [6.07, 6.45) is 1.82. The summed E-state index contributed by atoms with van der Waals surface area (Å²) in [5.74, 6) is 0.970. The Morgan fingerprint density at radius 1 is 1.47 bits per heavy atom. The van der Waals surface area contributed by atoms with Crippen LogP contribution in [0.25, 0.3) is 0 Å². The summed E-state index contributed by atoms with van der Waals surface area (Å²) in [5, 5.41) is 0. The normalized spacial score (nSPS) is 10.3. The van der Waals surface area contributed by atoms with Crippen LogP contribution in [0.1, 0.15) is 5.56 Å². The highest BCUT2D eigenvalue weighted by atomic mass is 16.5. The highest BCUT2D eigenvalue weighted by Crippen LogP contribution is 2.11. The van der Waals surface area contributed by atoms with E-state index in [4.69, 9.17) is 10.5 Å². The van der Waals surface area contributed by atoms with Gasteiger partial charge in [-0.1, -0.05) is 0 Å². The van der Waals surface area contributed by atoms with Crippen molar-refractivity contribution < 1.29 is 4.74 Å². The van der Waals surface area contributed by atoms with E-state index in [0.29, 0.717) is 13.2 Å². The monoisotopic (exact) mass is 209 g/mol. The molecule has 0 aromatic carbocycles. The SMILES string of the molecule is COCCN(CCN)c1cc(C)ccn1. The lowest BCUT2D eigenvalue weighted by atomic mass is 10.3. The number of ether oxygens (including phenoxy) is 1. The Morgan fingerprint density at radius 3 is 2.87 bits per heavy atom. The van der Waals surface area contributed by atoms with Crippen LogP contribution in [0.4, 0.5) is 5.82 Å². The molecule has 1 rings (SSSR count). The van der Waals surface area contributed by atoms with Crippen molar-refractivity contribution >= 4 is 5.82 Å². The van der Waals surface area contributed by atoms with Gasteiger partial charge in [-0.15, -0.1) is 0 Å². The van der Waals surface area contributed by atoms with Gasteiger partial charge in [0.05, 0.1) is 6.61 Å². The Hall–Kier alpha value is -1.13. The molecule has 1 heterocycles. The van der Waals surface area contributed by atoms with Crippen molar-refractivity contribution in [1.29, 1.82) is 0 Å². The van der Waals surface area contributed by atoms with Gasteiger partial charge in [0.15, 0.2) is 0 Å². The zero-order chi connectivity index (χ0) is 11.1. The fourth-order valence-electron chi connectivity index (χ4n) is 1.39. The molecule has 0 bridgehead atoms. The molecule has 0 saturated heterocycles. The minimum absolute atomic E-state index is 0.624. The van der Waals surface area contributed by atoms with E-state index >= 15 is 0 Å². The van der Waals surface area contributed by atoms with E-state index in [1.54, 1.807) is 7.11 Å². The van der Waals surface area contributed by atoms with E-state index in [1.807, 2.05) is 12.3 Å². The number of nitrogens with two attached hydrogens (primary N) is 1. The van der Waals surface area contributed by atoms with Crippen molar-refractivity contribution in [2.24, 2.45) is 5.73 Å². The van der Waals surface area contributed by atoms with Gasteiger partial charge in [0.25, 0.3) is 0 Å². The number of hydrogen-bond donors (Lipinski definition) is 1. The molecule has 84 valence electrons. The van der Waals surface area contributed by atoms with Crippen molar-refractivity contribution in [3.05, 3.63) is 23.9 Å². The Kier molecular flexibility index (Phi) is 5.07. The number of nitrogens with zero attached hydrogens (tertiary/aromatic N) is 2. The lowest BCUT2D eigenvalue weighted by Crippen LogP contribution is -2.33. The second-order valence-electron chi connectivity index (χ2n) is 3.46. The topological polar surface area (TPSA) is 51.4 Å². The molecule has 0 aliphatic rings. The van der Waals surface area contributed by atoms with E-state index < -0.39 is 0 Å². The van der Waals surface area contributed by atoms with Gasteiger partial charge in [-0.25, -0.2) is 4.98 Å². The second-order valence-corrected chi connectivity index (χ2v) is 3.46. The first-order valence-corrected chi connectivity index (χ1v) is 5.14. The van der Waals surface area contributed by atoms with Crippen LogP contribution in [0.3, 0.4) is 0 Å². The summed E-state index contributed by atoms with van der Waals surface area (Å²) in [6, 6.07) is 4.05. The van der Waals surface area contributed by atoms with Gasteiger partial charge in [0, 0.05) is 32.9 Å². The summed E-state index contributed by atoms with van der Waals surface area (Å²) >= 11 is 0. The quantitative estimate of drug-likeness (QED) is 0.753. The van der Waals surface area contributed by atoms with Crippen LogP contribution < -0.4 is 10.6 Å². The molecule has 0 unspecified atom stereocenters. The Balaban J connectivity index is 2.69. The summed E-state index contributed by atoms with van der Waals surface area (Å²) < 4.78 is 5.06. The maximum absolute atomic E-state index is 5.57. The van der Waals surface area contributed by atoms with Crippen molar-refractivity contribution in [3.8, 4) is 0 Å². The molecular weight excluding hydrogens is 190 g/mol. The van der Waals surface area contributed by atoms with Crippen LogP contribution >= 0.6 is 0 Å². The predicted octanol–water partition coefficient (Wildman–Crippen LogP) is 0.802. The smallest absolute Gasteiger partial charge is 0.128 e. The average molecular weight is 209 g/mol. The zero-order valence-electron chi connectivity index (χ0n) is 9.44. The van der Waals surface area contributed by atoms with Crippen LogP contribution in [0.2, 0.25) is 0 Å². The molecule has 0 aliphatic carbocycles. The number of hydrogen-bond acceptors (Lipinski definition) is 4. The molecule has 0 radical (unpaired) electrons. The van der Waals surface area contributed by atoms with Crippen LogP contribution in [-0.4, -0.2) is 38.3 Å². The molecule has 0 saturated carbocycles. The standard InChI is InChI=1S/C11H19N3O/c1-10-3-5-13-11(9-10)14(6-4-12)7-8-15-2/h3,5,9H,4,6-8,12H2,1-2H3. The maximum atomic E-state index is 5.57. The van der Waals surface area contributed by atoms with Crippen molar-refractivity contribution in [1.82, 2.24) is 4.98 Å². The van der Waals surface area contributed by atoms with E-state index in [1.165, 1.54) is 5.56 Å². The first kappa shape index (κ1) is 11.9. The summed E-state index contributed by atoms with van der Waals surface area (Å²) in [5.41, 5.74) is 6.77. The molecule has 0 aliphatic heterocycles. The Morgan fingerprint density at radius 2 is 2.27 bits per heavy atom. The predicted molar refractivity (Wildman–Crippen MR) is 62.1 cm³/mol. The first-order valence-electron chi connectivity index (χ1n) is 5.14. The van der Waals surface area contributed by atoms with Crippen LogP contribution in [0.15, 0.2) is 18.3 Å². The van der Waals surface area contributed by atoms with Crippen LogP contribution in [0.5, 0.6) is 0 Å². The number of anilines is 1. The number of aromatic nitrogens is 1. The molecule has 15 heavy (non-hydrogen) atoms. The van der Waals surface area contributed by atoms with Crippen LogP contribution in [-0.2, 0) is 4.74 Å². The third-order valence-electron chi connectivity index (χ3n) is 2.19. The first-order chi connectivity index (χ1) is 7.27. The zero-order valence-corrected chi connectivity index (χ0v) is 9.44. The highest BCUT2D eigenvalue weighted by molar-refractivity contribution is 5.40. The Bertz CT molecular complexity index is 291. The fraction of sp³-hybridized carbons (Fsp3) is 0.545. The molecular formula is C11H19N3O. The van der Waals surface area contributed by atoms with Gasteiger partial charge in [-0.05, 0) is 24.6 Å². The summed E-state index contributed by atoms with van der Waals surface area (Å²) in [6.45, 7) is 5.00. The lowest BCUT2D eigenvalue weighted by Gasteiger charge is -2.22. The van der Waals surface area contributed by atoms with E-state index in [9.17, 15) is 0 Å². The van der Waals surface area contributed by atoms with Gasteiger partial charge in [0.2, 0.25) is 0 Å². The van der Waals surface area contributed by atoms with Gasteiger partial charge in [-0.2, -0.15) is 0 Å². The highest BCUT2D eigenvalue weighted by Gasteiger charge is 2.06. The second kappa shape index (κ2) is 6.37. The molecule has 4 heteroatoms. The molecule has 0 fully saturated rings. The van der Waals surface area contributed by atoms with Gasteiger partial charge in [0.1, 0.15) is 5.82 Å². The van der Waals surface area contributed by atoms with Gasteiger partial charge >= 0.3 is 0 Å². The number of rotatable bonds is 6. The third kappa shape index (κ3) is 3.85. The maximum Gasteiger partial charge on any atom is 0.128 e. The van der Waals surface area contributed by atoms with E-state index in [2.05, 4.69) is 22.9 Å². The third-order valence-corrected chi connectivity index (χ3v) is 2.19. The molecule has 2 N–H and O–H groups in total. The largest absolute Gasteiger partial charge is 0.383 e. The summed E-state index contributed by atoms with van der Waals surface area (Å²) in [7, 11) is 1.70. The average Bonchev–Trinajstić information content (AvgIpc) is 2.24. The lowest BCUT2D eigenvalue weighted by molar-refractivity contribution is 0.205. The van der Waals surface area contributed by atoms with Gasteiger partial charge < -0.3 is 15.4 Å².